The number of carbonyl (C=O) groups is 1. The Kier molecular flexibility index (Phi) is 5.75. The number of benzene rings is 2. The summed E-state index contributed by atoms with van der Waals surface area (Å²) >= 11 is 1.38. The number of nitrogen functional groups attached to an aromatic ring is 1. The molecule has 0 atom stereocenters. The molecule has 0 fully saturated rings. The van der Waals surface area contributed by atoms with E-state index in [1.807, 2.05) is 49.4 Å². The largest absolute Gasteiger partial charge is 0.493 e. The number of thiophene rings is 1. The number of fused-ring (bicyclic) bond motifs is 2. The van der Waals surface area contributed by atoms with E-state index < -0.39 is 0 Å². The van der Waals surface area contributed by atoms with Gasteiger partial charge in [0.1, 0.15) is 9.71 Å². The van der Waals surface area contributed by atoms with Gasteiger partial charge in [0.15, 0.2) is 11.5 Å². The summed E-state index contributed by atoms with van der Waals surface area (Å²) in [6, 6.07) is 13.5. The van der Waals surface area contributed by atoms with Crippen molar-refractivity contribution in [2.24, 2.45) is 0 Å². The molecule has 0 bridgehead atoms. The fraction of sp³-hybridized carbons (Fsp3) is 0.259. The minimum atomic E-state index is -0.0751. The first-order valence-electron chi connectivity index (χ1n) is 11.2. The lowest BCUT2D eigenvalue weighted by molar-refractivity contribution is 0.104. The monoisotopic (exact) mass is 473 g/mol. The fourth-order valence-corrected chi connectivity index (χ4v) is 5.66. The molecule has 7 heteroatoms. The lowest BCUT2D eigenvalue weighted by Crippen LogP contribution is -2.27. The predicted molar refractivity (Wildman–Crippen MR) is 137 cm³/mol. The van der Waals surface area contributed by atoms with Crippen molar-refractivity contribution in [3.8, 4) is 22.6 Å². The molecular formula is C27H27N3O3S. The van der Waals surface area contributed by atoms with Gasteiger partial charge in [0, 0.05) is 41.7 Å². The van der Waals surface area contributed by atoms with E-state index in [2.05, 4.69) is 11.9 Å². The Morgan fingerprint density at radius 3 is 2.53 bits per heavy atom. The number of hydrogen-bond acceptors (Lipinski definition) is 7. The average molecular weight is 474 g/mol. The van der Waals surface area contributed by atoms with Crippen LogP contribution in [-0.4, -0.2) is 43.5 Å². The maximum Gasteiger partial charge on any atom is 0.205 e. The van der Waals surface area contributed by atoms with Crippen LogP contribution in [0.5, 0.6) is 11.5 Å². The quantitative estimate of drug-likeness (QED) is 0.407. The van der Waals surface area contributed by atoms with Crippen LogP contribution in [0, 0.1) is 6.92 Å². The summed E-state index contributed by atoms with van der Waals surface area (Å²) < 4.78 is 11.0. The highest BCUT2D eigenvalue weighted by Gasteiger charge is 2.27. The predicted octanol–water partition coefficient (Wildman–Crippen LogP) is 5.09. The van der Waals surface area contributed by atoms with Gasteiger partial charge in [-0.05, 0) is 37.2 Å². The normalized spacial score (nSPS) is 13.6. The molecule has 3 heterocycles. The molecule has 1 aliphatic rings. The van der Waals surface area contributed by atoms with Crippen LogP contribution in [0.4, 0.5) is 5.69 Å². The topological polar surface area (TPSA) is 77.7 Å². The van der Waals surface area contributed by atoms with Crippen molar-refractivity contribution < 1.29 is 14.3 Å². The van der Waals surface area contributed by atoms with Crippen molar-refractivity contribution in [1.82, 2.24) is 9.88 Å². The summed E-state index contributed by atoms with van der Waals surface area (Å²) in [7, 11) is 5.36. The Hall–Kier alpha value is -3.42. The highest BCUT2D eigenvalue weighted by molar-refractivity contribution is 7.21. The molecule has 2 N–H and O–H groups in total. The van der Waals surface area contributed by atoms with Gasteiger partial charge in [-0.15, -0.1) is 11.3 Å². The second-order valence-electron chi connectivity index (χ2n) is 8.69. The number of pyridine rings is 1. The molecule has 0 saturated carbocycles. The molecule has 0 amide bonds. The summed E-state index contributed by atoms with van der Waals surface area (Å²) in [5, 5.41) is 0.835. The number of carbonyl (C=O) groups excluding carboxylic acids is 1. The number of aryl methyl sites for hydroxylation is 1. The lowest BCUT2D eigenvalue weighted by atomic mass is 9.91. The third-order valence-corrected chi connectivity index (χ3v) is 7.51. The van der Waals surface area contributed by atoms with Crippen molar-refractivity contribution in [3.63, 3.8) is 0 Å². The minimum absolute atomic E-state index is 0.0751. The number of methoxy groups -OCH3 is 2. The molecule has 174 valence electrons. The lowest BCUT2D eigenvalue weighted by Gasteiger charge is -2.27. The molecule has 0 radical (unpaired) electrons. The molecule has 4 aromatic rings. The van der Waals surface area contributed by atoms with Crippen LogP contribution >= 0.6 is 11.3 Å². The summed E-state index contributed by atoms with van der Waals surface area (Å²) in [6.07, 6.45) is 0.848. The van der Waals surface area contributed by atoms with E-state index in [9.17, 15) is 4.79 Å². The second-order valence-corrected chi connectivity index (χ2v) is 9.69. The molecule has 0 spiro atoms. The van der Waals surface area contributed by atoms with Gasteiger partial charge in [-0.2, -0.15) is 0 Å². The Morgan fingerprint density at radius 1 is 1.09 bits per heavy atom. The highest BCUT2D eigenvalue weighted by atomic mass is 32.1. The van der Waals surface area contributed by atoms with E-state index in [1.165, 1.54) is 11.3 Å². The van der Waals surface area contributed by atoms with E-state index in [-0.39, 0.29) is 5.78 Å². The Balaban J connectivity index is 1.77. The SMILES string of the molecule is COc1ccc(-c2c3c(nc4sc(C(=O)c5ccc(C)cc5)c(N)c24)CCN(C)C3)cc1OC. The van der Waals surface area contributed by atoms with Crippen molar-refractivity contribution in [2.75, 3.05) is 33.5 Å². The van der Waals surface area contributed by atoms with Crippen molar-refractivity contribution in [3.05, 3.63) is 69.7 Å². The molecule has 1 aliphatic heterocycles. The van der Waals surface area contributed by atoms with Crippen LogP contribution < -0.4 is 15.2 Å². The van der Waals surface area contributed by atoms with E-state index >= 15 is 0 Å². The summed E-state index contributed by atoms with van der Waals surface area (Å²) in [5.41, 5.74) is 13.1. The van der Waals surface area contributed by atoms with Crippen LogP contribution in [0.2, 0.25) is 0 Å². The van der Waals surface area contributed by atoms with E-state index in [0.29, 0.717) is 27.6 Å². The van der Waals surface area contributed by atoms with Crippen LogP contribution in [0.3, 0.4) is 0 Å². The minimum Gasteiger partial charge on any atom is -0.493 e. The first-order chi connectivity index (χ1) is 16.4. The van der Waals surface area contributed by atoms with Gasteiger partial charge in [0.05, 0.1) is 19.9 Å². The summed E-state index contributed by atoms with van der Waals surface area (Å²) in [4.78, 5) is 22.0. The van der Waals surface area contributed by atoms with Crippen LogP contribution in [-0.2, 0) is 13.0 Å². The van der Waals surface area contributed by atoms with Gasteiger partial charge in [-0.25, -0.2) is 4.98 Å². The molecule has 0 aliphatic carbocycles. The number of likely N-dealkylation sites (N-methyl/N-ethyl adjacent to an activating group) is 1. The smallest absolute Gasteiger partial charge is 0.205 e. The number of nitrogens with two attached hydrogens (primary N) is 1. The van der Waals surface area contributed by atoms with Crippen LogP contribution in [0.1, 0.15) is 32.1 Å². The molecule has 5 rings (SSSR count). The Bertz CT molecular complexity index is 1410. The first-order valence-corrected chi connectivity index (χ1v) is 12.0. The summed E-state index contributed by atoms with van der Waals surface area (Å²) in [6.45, 7) is 3.70. The number of ketones is 1. The maximum absolute atomic E-state index is 13.4. The zero-order chi connectivity index (χ0) is 24.0. The number of aromatic nitrogens is 1. The number of hydrogen-bond donors (Lipinski definition) is 1. The first kappa shape index (κ1) is 22.4. The van der Waals surface area contributed by atoms with E-state index in [4.69, 9.17) is 20.2 Å². The zero-order valence-electron chi connectivity index (χ0n) is 19.8. The maximum atomic E-state index is 13.4. The van der Waals surface area contributed by atoms with Crippen molar-refractivity contribution in [2.45, 2.75) is 19.9 Å². The third kappa shape index (κ3) is 3.71. The number of nitrogens with zero attached hydrogens (tertiary/aromatic N) is 2. The third-order valence-electron chi connectivity index (χ3n) is 6.41. The van der Waals surface area contributed by atoms with Crippen molar-refractivity contribution in [1.29, 1.82) is 0 Å². The zero-order valence-corrected chi connectivity index (χ0v) is 20.6. The van der Waals surface area contributed by atoms with Gasteiger partial charge in [-0.3, -0.25) is 4.79 Å². The average Bonchev–Trinajstić information content (AvgIpc) is 3.18. The van der Waals surface area contributed by atoms with E-state index in [0.717, 1.165) is 57.7 Å². The fourth-order valence-electron chi connectivity index (χ4n) is 4.57. The van der Waals surface area contributed by atoms with Gasteiger partial charge < -0.3 is 20.1 Å². The van der Waals surface area contributed by atoms with Crippen LogP contribution in [0.25, 0.3) is 21.3 Å². The molecular weight excluding hydrogens is 446 g/mol. The molecule has 2 aromatic heterocycles. The number of anilines is 1. The summed E-state index contributed by atoms with van der Waals surface area (Å²) in [5.74, 6) is 1.23. The van der Waals surface area contributed by atoms with Gasteiger partial charge >= 0.3 is 0 Å². The molecule has 0 unspecified atom stereocenters. The van der Waals surface area contributed by atoms with Crippen LogP contribution in [0.15, 0.2) is 42.5 Å². The molecule has 0 saturated heterocycles. The second kappa shape index (κ2) is 8.74. The molecule has 2 aromatic carbocycles. The Labute approximate surface area is 202 Å². The number of ether oxygens (including phenoxy) is 2. The van der Waals surface area contributed by atoms with E-state index in [1.54, 1.807) is 14.2 Å². The van der Waals surface area contributed by atoms with Gasteiger partial charge in [-0.1, -0.05) is 35.9 Å². The molecule has 34 heavy (non-hydrogen) atoms. The Morgan fingerprint density at radius 2 is 1.82 bits per heavy atom. The standard InChI is InChI=1S/C27H27N3O3S/c1-15-5-7-16(8-6-15)25(31)26-24(28)23-22(17-9-10-20(32-3)21(13-17)33-4)18-14-30(2)12-11-19(18)29-27(23)34-26/h5-10,13H,11-12,14,28H2,1-4H3. The molecule has 6 nitrogen and oxygen atoms in total. The van der Waals surface area contributed by atoms with Crippen molar-refractivity contribution >= 4 is 33.0 Å². The van der Waals surface area contributed by atoms with Gasteiger partial charge in [0.25, 0.3) is 0 Å². The number of rotatable bonds is 5. The van der Waals surface area contributed by atoms with Gasteiger partial charge in [0.2, 0.25) is 5.78 Å². The highest BCUT2D eigenvalue weighted by Crippen LogP contribution is 2.45.